The van der Waals surface area contributed by atoms with Crippen LogP contribution >= 0.6 is 0 Å². The molecule has 1 aliphatic carbocycles. The van der Waals surface area contributed by atoms with Crippen molar-refractivity contribution in [3.63, 3.8) is 0 Å². The minimum atomic E-state index is -1.13. The third-order valence-corrected chi connectivity index (χ3v) is 4.36. The summed E-state index contributed by atoms with van der Waals surface area (Å²) in [5.41, 5.74) is 0. The summed E-state index contributed by atoms with van der Waals surface area (Å²) in [7, 11) is 0. The summed E-state index contributed by atoms with van der Waals surface area (Å²) in [6, 6.07) is 6.48. The first-order valence-corrected chi connectivity index (χ1v) is 8.73. The Kier molecular flexibility index (Phi) is 5.60. The third-order valence-electron chi connectivity index (χ3n) is 4.36. The van der Waals surface area contributed by atoms with Gasteiger partial charge in [0.05, 0.1) is 0 Å². The van der Waals surface area contributed by atoms with Crippen molar-refractivity contribution in [2.75, 3.05) is 6.61 Å². The van der Waals surface area contributed by atoms with Gasteiger partial charge in [-0.2, -0.15) is 0 Å². The number of hydrogen-bond donors (Lipinski definition) is 2. The monoisotopic (exact) mass is 362 g/mol. The second kappa shape index (κ2) is 8.07. The summed E-state index contributed by atoms with van der Waals surface area (Å²) >= 11 is 0. The lowest BCUT2D eigenvalue weighted by Crippen LogP contribution is -2.48. The molecule has 1 aromatic carbocycles. The molecule has 1 saturated carbocycles. The second-order valence-corrected chi connectivity index (χ2v) is 6.39. The van der Waals surface area contributed by atoms with Crippen LogP contribution in [0.2, 0.25) is 0 Å². The Balaban J connectivity index is 1.46. The number of amides is 3. The van der Waals surface area contributed by atoms with E-state index in [0.717, 1.165) is 25.7 Å². The summed E-state index contributed by atoms with van der Waals surface area (Å²) in [5, 5.41) is 4.93. The predicted octanol–water partition coefficient (Wildman–Crippen LogP) is 1.53. The molecule has 2 atom stereocenters. The van der Waals surface area contributed by atoms with E-state index in [0.29, 0.717) is 11.5 Å². The molecule has 0 saturated heterocycles. The van der Waals surface area contributed by atoms with Crippen molar-refractivity contribution in [2.45, 2.75) is 50.9 Å². The van der Waals surface area contributed by atoms with Gasteiger partial charge in [-0.3, -0.25) is 10.1 Å². The number of imide groups is 1. The highest BCUT2D eigenvalue weighted by molar-refractivity contribution is 5.97. The zero-order valence-corrected chi connectivity index (χ0v) is 14.5. The number of benzene rings is 1. The Hall–Kier alpha value is -2.77. The fraction of sp³-hybridized carbons (Fsp3) is 0.500. The van der Waals surface area contributed by atoms with Gasteiger partial charge in [0.15, 0.2) is 17.6 Å². The first-order valence-electron chi connectivity index (χ1n) is 8.73. The highest BCUT2D eigenvalue weighted by Crippen LogP contribution is 2.31. The molecule has 140 valence electrons. The number of fused-ring (bicyclic) bond motifs is 1. The lowest BCUT2D eigenvalue weighted by molar-refractivity contribution is -0.163. The molecule has 1 aliphatic heterocycles. The minimum Gasteiger partial charge on any atom is -0.485 e. The number of ether oxygens (including phenoxy) is 3. The van der Waals surface area contributed by atoms with Gasteiger partial charge in [-0.1, -0.05) is 25.0 Å². The molecule has 1 aromatic rings. The molecular formula is C18H22N2O6. The van der Waals surface area contributed by atoms with Crippen LogP contribution in [0.25, 0.3) is 0 Å². The van der Waals surface area contributed by atoms with Crippen LogP contribution in [0.5, 0.6) is 11.5 Å². The van der Waals surface area contributed by atoms with E-state index in [1.807, 2.05) is 0 Å². The first kappa shape index (κ1) is 18.0. The molecule has 8 nitrogen and oxygen atoms in total. The lowest BCUT2D eigenvalue weighted by atomic mass is 10.2. The van der Waals surface area contributed by atoms with Crippen molar-refractivity contribution in [1.82, 2.24) is 10.6 Å². The molecule has 3 rings (SSSR count). The van der Waals surface area contributed by atoms with E-state index in [4.69, 9.17) is 14.2 Å². The van der Waals surface area contributed by atoms with Crippen LogP contribution in [-0.2, 0) is 14.3 Å². The minimum absolute atomic E-state index is 0.00759. The zero-order valence-electron chi connectivity index (χ0n) is 14.5. The maximum atomic E-state index is 12.2. The fourth-order valence-corrected chi connectivity index (χ4v) is 2.94. The normalized spacial score (nSPS) is 20.1. The van der Waals surface area contributed by atoms with E-state index in [2.05, 4.69) is 10.6 Å². The summed E-state index contributed by atoms with van der Waals surface area (Å²) in [4.78, 5) is 36.0. The topological polar surface area (TPSA) is 103 Å². The molecule has 0 radical (unpaired) electrons. The SMILES string of the molecule is C[C@@H](OC(=O)[C@H]1COc2ccccc2O1)C(=O)NC(=O)NC1CCCC1. The van der Waals surface area contributed by atoms with Crippen LogP contribution < -0.4 is 20.1 Å². The average molecular weight is 362 g/mol. The van der Waals surface area contributed by atoms with Crippen molar-refractivity contribution < 1.29 is 28.6 Å². The van der Waals surface area contributed by atoms with Crippen LogP contribution in [0.1, 0.15) is 32.6 Å². The van der Waals surface area contributed by atoms with Crippen molar-refractivity contribution in [1.29, 1.82) is 0 Å². The third kappa shape index (κ3) is 4.44. The number of para-hydroxylation sites is 2. The van der Waals surface area contributed by atoms with Gasteiger partial charge in [0.25, 0.3) is 5.91 Å². The molecule has 8 heteroatoms. The first-order chi connectivity index (χ1) is 12.5. The molecule has 0 bridgehead atoms. The molecule has 2 N–H and O–H groups in total. The summed E-state index contributed by atoms with van der Waals surface area (Å²) in [5.74, 6) is -0.427. The van der Waals surface area contributed by atoms with Gasteiger partial charge in [0.2, 0.25) is 6.10 Å². The van der Waals surface area contributed by atoms with E-state index < -0.39 is 30.1 Å². The van der Waals surface area contributed by atoms with Gasteiger partial charge in [-0.15, -0.1) is 0 Å². The van der Waals surface area contributed by atoms with Crippen molar-refractivity contribution in [3.05, 3.63) is 24.3 Å². The number of hydrogen-bond acceptors (Lipinski definition) is 6. The Morgan fingerprint density at radius 1 is 1.15 bits per heavy atom. The van der Waals surface area contributed by atoms with E-state index in [1.165, 1.54) is 6.92 Å². The van der Waals surface area contributed by atoms with Crippen molar-refractivity contribution in [3.8, 4) is 11.5 Å². The second-order valence-electron chi connectivity index (χ2n) is 6.39. The fourth-order valence-electron chi connectivity index (χ4n) is 2.94. The summed E-state index contributed by atoms with van der Waals surface area (Å²) in [6.45, 7) is 1.39. The predicted molar refractivity (Wildman–Crippen MR) is 90.8 cm³/mol. The van der Waals surface area contributed by atoms with Crippen molar-refractivity contribution >= 4 is 17.9 Å². The molecule has 0 spiro atoms. The standard InChI is InChI=1S/C18H22N2O6/c1-11(16(21)20-18(23)19-12-6-2-3-7-12)25-17(22)15-10-24-13-8-4-5-9-14(13)26-15/h4-5,8-9,11-12,15H,2-3,6-7,10H2,1H3,(H2,19,20,21,23)/t11-,15-/m1/s1. The van der Waals surface area contributed by atoms with Crippen LogP contribution in [0, 0.1) is 0 Å². The quantitative estimate of drug-likeness (QED) is 0.788. The van der Waals surface area contributed by atoms with Gasteiger partial charge < -0.3 is 19.5 Å². The number of urea groups is 1. The highest BCUT2D eigenvalue weighted by Gasteiger charge is 2.31. The average Bonchev–Trinajstić information content (AvgIpc) is 3.13. The molecule has 3 amide bonds. The maximum absolute atomic E-state index is 12.2. The van der Waals surface area contributed by atoms with Crippen LogP contribution in [0.3, 0.4) is 0 Å². The number of carbonyl (C=O) groups excluding carboxylic acids is 3. The Labute approximate surface area is 151 Å². The number of carbonyl (C=O) groups is 3. The van der Waals surface area contributed by atoms with Crippen LogP contribution in [-0.4, -0.2) is 42.8 Å². The molecule has 1 heterocycles. The number of rotatable bonds is 4. The van der Waals surface area contributed by atoms with Crippen LogP contribution in [0.15, 0.2) is 24.3 Å². The highest BCUT2D eigenvalue weighted by atomic mass is 16.6. The van der Waals surface area contributed by atoms with Gasteiger partial charge >= 0.3 is 12.0 Å². The number of esters is 1. The largest absolute Gasteiger partial charge is 0.485 e. The smallest absolute Gasteiger partial charge is 0.351 e. The van der Waals surface area contributed by atoms with Gasteiger partial charge in [-0.05, 0) is 31.9 Å². The molecular weight excluding hydrogens is 340 g/mol. The van der Waals surface area contributed by atoms with Crippen LogP contribution in [0.4, 0.5) is 4.79 Å². The lowest BCUT2D eigenvalue weighted by Gasteiger charge is -2.25. The Morgan fingerprint density at radius 2 is 1.85 bits per heavy atom. The van der Waals surface area contributed by atoms with E-state index in [-0.39, 0.29) is 12.6 Å². The van der Waals surface area contributed by atoms with Crippen molar-refractivity contribution in [2.24, 2.45) is 0 Å². The maximum Gasteiger partial charge on any atom is 0.351 e. The number of nitrogens with one attached hydrogen (secondary N) is 2. The van der Waals surface area contributed by atoms with E-state index >= 15 is 0 Å². The van der Waals surface area contributed by atoms with Gasteiger partial charge in [0.1, 0.15) is 6.61 Å². The molecule has 26 heavy (non-hydrogen) atoms. The van der Waals surface area contributed by atoms with Gasteiger partial charge in [0, 0.05) is 6.04 Å². The van der Waals surface area contributed by atoms with Gasteiger partial charge in [-0.25, -0.2) is 9.59 Å². The Morgan fingerprint density at radius 3 is 2.58 bits per heavy atom. The molecule has 2 aliphatic rings. The Bertz CT molecular complexity index is 686. The molecule has 0 unspecified atom stereocenters. The summed E-state index contributed by atoms with van der Waals surface area (Å²) < 4.78 is 16.1. The molecule has 1 fully saturated rings. The van der Waals surface area contributed by atoms with E-state index in [9.17, 15) is 14.4 Å². The van der Waals surface area contributed by atoms with E-state index in [1.54, 1.807) is 24.3 Å². The summed E-state index contributed by atoms with van der Waals surface area (Å²) in [6.07, 6.45) is 1.86. The zero-order chi connectivity index (χ0) is 18.5. The molecule has 0 aromatic heterocycles.